The average Bonchev–Trinajstić information content (AvgIpc) is 3.46. The van der Waals surface area contributed by atoms with Crippen molar-refractivity contribution < 1.29 is 9.18 Å². The van der Waals surface area contributed by atoms with Crippen molar-refractivity contribution in [2.75, 3.05) is 31.1 Å². The lowest BCUT2D eigenvalue weighted by Crippen LogP contribution is -2.36. The number of nitrogens with zero attached hydrogens (tertiary/aromatic N) is 2. The molecule has 3 nitrogen and oxygen atoms in total. The van der Waals surface area contributed by atoms with Crippen molar-refractivity contribution in [1.82, 2.24) is 4.90 Å². The zero-order valence-corrected chi connectivity index (χ0v) is 15.3. The molecule has 26 heavy (non-hydrogen) atoms. The van der Waals surface area contributed by atoms with Crippen LogP contribution in [-0.2, 0) is 4.79 Å². The molecule has 0 aromatic heterocycles. The first-order chi connectivity index (χ1) is 12.6. The van der Waals surface area contributed by atoms with Crippen molar-refractivity contribution in [2.45, 2.75) is 18.8 Å². The Morgan fingerprint density at radius 2 is 1.85 bits per heavy atom. The first-order valence-corrected chi connectivity index (χ1v) is 9.54. The van der Waals surface area contributed by atoms with Crippen molar-refractivity contribution in [1.29, 1.82) is 0 Å². The number of carbonyl (C=O) groups is 1. The van der Waals surface area contributed by atoms with Gasteiger partial charge in [-0.3, -0.25) is 4.79 Å². The maximum Gasteiger partial charge on any atom is 0.226 e. The quantitative estimate of drug-likeness (QED) is 0.801. The van der Waals surface area contributed by atoms with E-state index in [9.17, 15) is 9.18 Å². The third-order valence-electron chi connectivity index (χ3n) is 5.38. The molecule has 136 valence electrons. The first kappa shape index (κ1) is 17.3. The summed E-state index contributed by atoms with van der Waals surface area (Å²) >= 11 is 6.07. The highest BCUT2D eigenvalue weighted by molar-refractivity contribution is 6.30. The molecule has 0 radical (unpaired) electrons. The fourth-order valence-electron chi connectivity index (χ4n) is 3.86. The van der Waals surface area contributed by atoms with Gasteiger partial charge in [0, 0.05) is 42.8 Å². The van der Waals surface area contributed by atoms with E-state index in [1.165, 1.54) is 17.7 Å². The maximum atomic E-state index is 13.1. The van der Waals surface area contributed by atoms with Crippen molar-refractivity contribution in [3.05, 3.63) is 64.9 Å². The van der Waals surface area contributed by atoms with Crippen molar-refractivity contribution in [2.24, 2.45) is 5.92 Å². The van der Waals surface area contributed by atoms with Gasteiger partial charge >= 0.3 is 0 Å². The Kier molecular flexibility index (Phi) is 4.86. The van der Waals surface area contributed by atoms with E-state index < -0.39 is 0 Å². The normalized spacial score (nSPS) is 22.8. The summed E-state index contributed by atoms with van der Waals surface area (Å²) in [7, 11) is 0. The largest absolute Gasteiger partial charge is 0.370 e. The second-order valence-electron chi connectivity index (χ2n) is 7.15. The number of anilines is 1. The second-order valence-corrected chi connectivity index (χ2v) is 7.58. The Bertz CT molecular complexity index is 795. The third-order valence-corrected chi connectivity index (χ3v) is 5.62. The molecule has 2 aromatic rings. The summed E-state index contributed by atoms with van der Waals surface area (Å²) in [6, 6.07) is 14.4. The van der Waals surface area contributed by atoms with Crippen LogP contribution in [0.4, 0.5) is 10.1 Å². The Labute approximate surface area is 158 Å². The molecular weight excluding hydrogens is 351 g/mol. The summed E-state index contributed by atoms with van der Waals surface area (Å²) in [5.74, 6) is 0.431. The lowest BCUT2D eigenvalue weighted by Gasteiger charge is -2.24. The molecule has 0 bridgehead atoms. The zero-order chi connectivity index (χ0) is 18.1. The van der Waals surface area contributed by atoms with Gasteiger partial charge in [0.05, 0.1) is 0 Å². The SMILES string of the molecule is O=C(C1CC1c1cccc(Cl)c1)N1CCCN(c2ccc(F)cc2)CC1. The summed E-state index contributed by atoms with van der Waals surface area (Å²) in [4.78, 5) is 17.1. The molecule has 5 heteroatoms. The molecule has 2 fully saturated rings. The van der Waals surface area contributed by atoms with Crippen LogP contribution in [0.2, 0.25) is 5.02 Å². The monoisotopic (exact) mass is 372 g/mol. The highest BCUT2D eigenvalue weighted by atomic mass is 35.5. The standard InChI is InChI=1S/C21H22ClFN2O/c22-16-4-1-3-15(13-16)19-14-20(19)21(26)25-10-2-9-24(11-12-25)18-7-5-17(23)6-8-18/h1,3-8,13,19-20H,2,9-12,14H2. The Morgan fingerprint density at radius 3 is 2.62 bits per heavy atom. The number of hydrogen-bond acceptors (Lipinski definition) is 2. The van der Waals surface area contributed by atoms with Gasteiger partial charge < -0.3 is 9.80 Å². The van der Waals surface area contributed by atoms with E-state index in [1.807, 2.05) is 35.2 Å². The van der Waals surface area contributed by atoms with Gasteiger partial charge in [0.25, 0.3) is 0 Å². The third kappa shape index (κ3) is 3.70. The van der Waals surface area contributed by atoms with Gasteiger partial charge in [-0.25, -0.2) is 4.39 Å². The molecule has 1 aliphatic carbocycles. The lowest BCUT2D eigenvalue weighted by molar-refractivity contribution is -0.132. The predicted octanol–water partition coefficient (Wildman–Crippen LogP) is 4.32. The molecule has 1 amide bonds. The highest BCUT2D eigenvalue weighted by Crippen LogP contribution is 2.48. The molecule has 0 spiro atoms. The van der Waals surface area contributed by atoms with E-state index in [4.69, 9.17) is 11.6 Å². The number of halogens is 2. The van der Waals surface area contributed by atoms with Crippen LogP contribution in [0.3, 0.4) is 0 Å². The predicted molar refractivity (Wildman–Crippen MR) is 102 cm³/mol. The summed E-state index contributed by atoms with van der Waals surface area (Å²) in [5, 5.41) is 0.727. The van der Waals surface area contributed by atoms with E-state index >= 15 is 0 Å². The Hall–Kier alpha value is -2.07. The van der Waals surface area contributed by atoms with E-state index in [0.29, 0.717) is 5.92 Å². The van der Waals surface area contributed by atoms with E-state index in [0.717, 1.165) is 49.7 Å². The number of amides is 1. The summed E-state index contributed by atoms with van der Waals surface area (Å²) < 4.78 is 13.1. The molecule has 2 aliphatic rings. The number of hydrogen-bond donors (Lipinski definition) is 0. The van der Waals surface area contributed by atoms with Crippen LogP contribution in [0.15, 0.2) is 48.5 Å². The lowest BCUT2D eigenvalue weighted by atomic mass is 10.1. The molecule has 0 N–H and O–H groups in total. The maximum absolute atomic E-state index is 13.1. The second kappa shape index (κ2) is 7.28. The highest BCUT2D eigenvalue weighted by Gasteiger charge is 2.45. The Morgan fingerprint density at radius 1 is 1.04 bits per heavy atom. The minimum Gasteiger partial charge on any atom is -0.370 e. The molecule has 1 aliphatic heterocycles. The molecular formula is C21H22ClFN2O. The van der Waals surface area contributed by atoms with Gasteiger partial charge in [-0.2, -0.15) is 0 Å². The number of carbonyl (C=O) groups excluding carboxylic acids is 1. The molecule has 2 aromatic carbocycles. The molecule has 1 saturated heterocycles. The van der Waals surface area contributed by atoms with Crippen molar-refractivity contribution in [3.63, 3.8) is 0 Å². The summed E-state index contributed by atoms with van der Waals surface area (Å²) in [6.07, 6.45) is 1.84. The zero-order valence-electron chi connectivity index (χ0n) is 14.6. The van der Waals surface area contributed by atoms with E-state index in [1.54, 1.807) is 0 Å². The van der Waals surface area contributed by atoms with E-state index in [2.05, 4.69) is 11.0 Å². The van der Waals surface area contributed by atoms with Gasteiger partial charge in [-0.1, -0.05) is 23.7 Å². The number of rotatable bonds is 3. The van der Waals surface area contributed by atoms with Gasteiger partial charge in [0.2, 0.25) is 5.91 Å². The topological polar surface area (TPSA) is 23.6 Å². The van der Waals surface area contributed by atoms with Crippen molar-refractivity contribution >= 4 is 23.2 Å². The van der Waals surface area contributed by atoms with Gasteiger partial charge in [-0.05, 0) is 60.7 Å². The van der Waals surface area contributed by atoms with Crippen LogP contribution in [0, 0.1) is 11.7 Å². The fourth-order valence-corrected chi connectivity index (χ4v) is 4.05. The first-order valence-electron chi connectivity index (χ1n) is 9.16. The van der Waals surface area contributed by atoms with Crippen LogP contribution >= 0.6 is 11.6 Å². The van der Waals surface area contributed by atoms with Crippen LogP contribution in [0.5, 0.6) is 0 Å². The molecule has 2 atom stereocenters. The van der Waals surface area contributed by atoms with Crippen LogP contribution in [0.25, 0.3) is 0 Å². The minimum absolute atomic E-state index is 0.0887. The molecule has 4 rings (SSSR count). The Balaban J connectivity index is 1.37. The van der Waals surface area contributed by atoms with Gasteiger partial charge in [0.15, 0.2) is 0 Å². The fraction of sp³-hybridized carbons (Fsp3) is 0.381. The molecule has 1 heterocycles. The van der Waals surface area contributed by atoms with Crippen molar-refractivity contribution in [3.8, 4) is 0 Å². The van der Waals surface area contributed by atoms with Gasteiger partial charge in [0.1, 0.15) is 5.82 Å². The van der Waals surface area contributed by atoms with Crippen LogP contribution in [0.1, 0.15) is 24.3 Å². The molecule has 1 saturated carbocycles. The average molecular weight is 373 g/mol. The summed E-state index contributed by atoms with van der Waals surface area (Å²) in [6.45, 7) is 3.17. The molecule has 2 unspecified atom stereocenters. The number of benzene rings is 2. The minimum atomic E-state index is -0.221. The van der Waals surface area contributed by atoms with Crippen LogP contribution < -0.4 is 4.90 Å². The smallest absolute Gasteiger partial charge is 0.226 e. The summed E-state index contributed by atoms with van der Waals surface area (Å²) in [5.41, 5.74) is 2.18. The van der Waals surface area contributed by atoms with E-state index in [-0.39, 0.29) is 17.6 Å². The van der Waals surface area contributed by atoms with Gasteiger partial charge in [-0.15, -0.1) is 0 Å². The van der Waals surface area contributed by atoms with Crippen LogP contribution in [-0.4, -0.2) is 37.0 Å².